The van der Waals surface area contributed by atoms with E-state index in [1.54, 1.807) is 0 Å². The maximum atomic E-state index is 2.41. The van der Waals surface area contributed by atoms with Crippen LogP contribution in [-0.4, -0.2) is 0 Å². The largest absolute Gasteiger partial charge is 0.310 e. The predicted octanol–water partition coefficient (Wildman–Crippen LogP) is 18.6. The van der Waals surface area contributed by atoms with Gasteiger partial charge < -0.3 is 4.90 Å². The molecule has 69 heavy (non-hydrogen) atoms. The van der Waals surface area contributed by atoms with Crippen molar-refractivity contribution in [2.75, 3.05) is 4.90 Å². The third kappa shape index (κ3) is 7.00. The molecule has 0 radical (unpaired) electrons. The van der Waals surface area contributed by atoms with Gasteiger partial charge in [0.05, 0.1) is 5.41 Å². The first-order valence-corrected chi connectivity index (χ1v) is 24.5. The summed E-state index contributed by atoms with van der Waals surface area (Å²) in [7, 11) is 0. The van der Waals surface area contributed by atoms with Crippen LogP contribution in [0.4, 0.5) is 17.1 Å². The summed E-state index contributed by atoms with van der Waals surface area (Å²) in [4.78, 5) is 2.39. The van der Waals surface area contributed by atoms with Crippen molar-refractivity contribution in [3.05, 3.63) is 295 Å². The second-order valence-corrected chi connectivity index (χ2v) is 19.1. The zero-order valence-corrected chi connectivity index (χ0v) is 38.7. The van der Waals surface area contributed by atoms with Crippen molar-refractivity contribution < 1.29 is 0 Å². The van der Waals surface area contributed by atoms with Gasteiger partial charge in [0.15, 0.2) is 0 Å². The Morgan fingerprint density at radius 3 is 1.36 bits per heavy atom. The van der Waals surface area contributed by atoms with Crippen LogP contribution in [0, 0.1) is 0 Å². The highest BCUT2D eigenvalue weighted by molar-refractivity contribution is 7.25. The summed E-state index contributed by atoms with van der Waals surface area (Å²) in [6, 6.07) is 100. The molecule has 0 N–H and O–H groups in total. The molecule has 12 aromatic rings. The van der Waals surface area contributed by atoms with Gasteiger partial charge in [-0.3, -0.25) is 0 Å². The fourth-order valence-electron chi connectivity index (χ4n) is 10.9. The second kappa shape index (κ2) is 16.9. The average molecular weight is 896 g/mol. The van der Waals surface area contributed by atoms with Crippen molar-refractivity contribution in [2.45, 2.75) is 5.41 Å². The zero-order chi connectivity index (χ0) is 45.7. The van der Waals surface area contributed by atoms with E-state index in [9.17, 15) is 0 Å². The maximum Gasteiger partial charge on any atom is 0.0713 e. The summed E-state index contributed by atoms with van der Waals surface area (Å²) in [6.07, 6.45) is 0. The molecule has 0 aliphatic heterocycles. The topological polar surface area (TPSA) is 3.24 Å². The Kier molecular flexibility index (Phi) is 10.00. The number of hydrogen-bond acceptors (Lipinski definition) is 2. The quantitative estimate of drug-likeness (QED) is 0.140. The van der Waals surface area contributed by atoms with Gasteiger partial charge in [-0.2, -0.15) is 0 Å². The van der Waals surface area contributed by atoms with Crippen LogP contribution in [-0.2, 0) is 5.41 Å². The summed E-state index contributed by atoms with van der Waals surface area (Å²) in [5.74, 6) is 0. The molecule has 0 unspecified atom stereocenters. The first-order chi connectivity index (χ1) is 34.2. The molecule has 0 saturated carbocycles. The van der Waals surface area contributed by atoms with Crippen LogP contribution >= 0.6 is 11.3 Å². The van der Waals surface area contributed by atoms with Crippen LogP contribution in [0.1, 0.15) is 22.3 Å². The monoisotopic (exact) mass is 895 g/mol. The fourth-order valence-corrected chi connectivity index (χ4v) is 12.1. The summed E-state index contributed by atoms with van der Waals surface area (Å²) < 4.78 is 2.64. The summed E-state index contributed by atoms with van der Waals surface area (Å²) in [6.45, 7) is 0. The smallest absolute Gasteiger partial charge is 0.0713 e. The molecule has 2 heteroatoms. The number of benzene rings is 11. The lowest BCUT2D eigenvalue weighted by molar-refractivity contribution is 0.768. The van der Waals surface area contributed by atoms with Crippen LogP contribution in [0.15, 0.2) is 273 Å². The highest BCUT2D eigenvalue weighted by Gasteiger charge is 2.46. The standard InChI is InChI=1S/C67H45NS/c1-4-16-46(17-5-1)50-18-14-24-57(42-50)68(56-38-34-49(35-39-56)53-36-40-61-60-27-11-13-29-65(60)69-66(61)45-53)58-25-15-19-51(43-58)47-30-32-48(33-31-47)52-37-41-64-62(44-52)59-26-10-12-28-63(59)67(64,54-20-6-2-7-21-54)55-22-8-3-9-23-55/h1-45H. The Hall–Kier alpha value is -8.56. The fraction of sp³-hybridized carbons (Fsp3) is 0.0149. The van der Waals surface area contributed by atoms with Crippen LogP contribution in [0.2, 0.25) is 0 Å². The molecule has 1 aromatic heterocycles. The number of nitrogens with zero attached hydrogens (tertiary/aromatic N) is 1. The Morgan fingerprint density at radius 1 is 0.261 bits per heavy atom. The number of hydrogen-bond donors (Lipinski definition) is 0. The van der Waals surface area contributed by atoms with Crippen molar-refractivity contribution >= 4 is 48.6 Å². The van der Waals surface area contributed by atoms with Crippen molar-refractivity contribution in [1.82, 2.24) is 0 Å². The highest BCUT2D eigenvalue weighted by Crippen LogP contribution is 2.56. The van der Waals surface area contributed by atoms with Crippen molar-refractivity contribution in [2.24, 2.45) is 0 Å². The Labute approximate surface area is 407 Å². The minimum absolute atomic E-state index is 0.407. The van der Waals surface area contributed by atoms with E-state index < -0.39 is 5.41 Å². The van der Waals surface area contributed by atoms with Gasteiger partial charge in [-0.25, -0.2) is 0 Å². The number of anilines is 3. The van der Waals surface area contributed by atoms with Crippen LogP contribution in [0.25, 0.3) is 75.8 Å². The van der Waals surface area contributed by atoms with Gasteiger partial charge >= 0.3 is 0 Å². The number of fused-ring (bicyclic) bond motifs is 6. The molecule has 1 heterocycles. The van der Waals surface area contributed by atoms with Gasteiger partial charge in [0.1, 0.15) is 0 Å². The molecule has 0 bridgehead atoms. The lowest BCUT2D eigenvalue weighted by Crippen LogP contribution is -2.28. The molecular formula is C67H45NS. The maximum absolute atomic E-state index is 2.41. The molecule has 1 nitrogen and oxygen atoms in total. The second-order valence-electron chi connectivity index (χ2n) is 18.0. The lowest BCUT2D eigenvalue weighted by atomic mass is 9.67. The van der Waals surface area contributed by atoms with E-state index in [1.807, 2.05) is 11.3 Å². The number of rotatable bonds is 9. The van der Waals surface area contributed by atoms with Gasteiger partial charge in [-0.05, 0) is 132 Å². The molecule has 11 aromatic carbocycles. The molecule has 0 fully saturated rings. The lowest BCUT2D eigenvalue weighted by Gasteiger charge is -2.33. The summed E-state index contributed by atoms with van der Waals surface area (Å²) >= 11 is 1.86. The van der Waals surface area contributed by atoms with Gasteiger partial charge in [-0.15, -0.1) is 11.3 Å². The van der Waals surface area contributed by atoms with E-state index >= 15 is 0 Å². The van der Waals surface area contributed by atoms with Crippen LogP contribution in [0.5, 0.6) is 0 Å². The van der Waals surface area contributed by atoms with E-state index in [0.29, 0.717) is 0 Å². The molecule has 0 saturated heterocycles. The van der Waals surface area contributed by atoms with Crippen LogP contribution in [0.3, 0.4) is 0 Å². The van der Waals surface area contributed by atoms with E-state index in [-0.39, 0.29) is 0 Å². The molecule has 13 rings (SSSR count). The van der Waals surface area contributed by atoms with Gasteiger partial charge in [0, 0.05) is 37.2 Å². The third-order valence-electron chi connectivity index (χ3n) is 14.2. The Morgan fingerprint density at radius 2 is 0.710 bits per heavy atom. The normalized spacial score (nSPS) is 12.5. The Bertz CT molecular complexity index is 3780. The average Bonchev–Trinajstić information content (AvgIpc) is 3.95. The minimum Gasteiger partial charge on any atom is -0.310 e. The molecular weight excluding hydrogens is 851 g/mol. The predicted molar refractivity (Wildman–Crippen MR) is 293 cm³/mol. The molecule has 0 spiro atoms. The first-order valence-electron chi connectivity index (χ1n) is 23.7. The van der Waals surface area contributed by atoms with Crippen molar-refractivity contribution in [3.63, 3.8) is 0 Å². The molecule has 324 valence electrons. The van der Waals surface area contributed by atoms with E-state index in [4.69, 9.17) is 0 Å². The van der Waals surface area contributed by atoms with Crippen LogP contribution < -0.4 is 4.90 Å². The van der Waals surface area contributed by atoms with Gasteiger partial charge in [-0.1, -0.05) is 218 Å². The SMILES string of the molecule is c1ccc(-c2cccc(N(c3ccc(-c4ccc5c(c4)sc4ccccc45)cc3)c3cccc(-c4ccc(-c5ccc6c(c5)-c5ccccc5C6(c5ccccc5)c5ccccc5)cc4)c3)c2)cc1. The van der Waals surface area contributed by atoms with Crippen molar-refractivity contribution in [3.8, 4) is 55.6 Å². The summed E-state index contributed by atoms with van der Waals surface area (Å²) in [5.41, 5.74) is 20.2. The van der Waals surface area contributed by atoms with E-state index in [0.717, 1.165) is 22.6 Å². The number of thiophene rings is 1. The zero-order valence-electron chi connectivity index (χ0n) is 37.8. The van der Waals surface area contributed by atoms with Gasteiger partial charge in [0.25, 0.3) is 0 Å². The molecule has 0 atom stereocenters. The molecule has 1 aliphatic carbocycles. The van der Waals surface area contributed by atoms with E-state index in [1.165, 1.54) is 92.5 Å². The van der Waals surface area contributed by atoms with Crippen molar-refractivity contribution in [1.29, 1.82) is 0 Å². The Balaban J connectivity index is 0.856. The first kappa shape index (κ1) is 40.7. The third-order valence-corrected chi connectivity index (χ3v) is 15.3. The minimum atomic E-state index is -0.407. The summed E-state index contributed by atoms with van der Waals surface area (Å²) in [5, 5.41) is 2.64. The van der Waals surface area contributed by atoms with E-state index in [2.05, 4.69) is 278 Å². The highest BCUT2D eigenvalue weighted by atomic mass is 32.1. The molecule has 0 amide bonds. The van der Waals surface area contributed by atoms with Gasteiger partial charge in [0.2, 0.25) is 0 Å². The molecule has 1 aliphatic rings.